The van der Waals surface area contributed by atoms with E-state index in [4.69, 9.17) is 0 Å². The molecule has 4 unspecified atom stereocenters. The Labute approximate surface area is 228 Å². The van der Waals surface area contributed by atoms with Gasteiger partial charge in [-0.3, -0.25) is 4.79 Å². The number of hydrogen-bond acceptors (Lipinski definition) is 5. The van der Waals surface area contributed by atoms with Gasteiger partial charge in [0.25, 0.3) is 0 Å². The summed E-state index contributed by atoms with van der Waals surface area (Å²) in [6.07, 6.45) is 23.7. The number of aliphatic hydroxyl groups excluding tert-OH is 4. The minimum absolute atomic E-state index is 0.355. The lowest BCUT2D eigenvalue weighted by Crippen LogP contribution is -2.53. The number of allylic oxidation sites excluding steroid dienone is 2. The van der Waals surface area contributed by atoms with Gasteiger partial charge in [0.1, 0.15) is 12.2 Å². The number of aliphatic hydroxyl groups is 4. The predicted octanol–water partition coefficient (Wildman–Crippen LogP) is 6.33. The van der Waals surface area contributed by atoms with Crippen molar-refractivity contribution in [1.29, 1.82) is 0 Å². The molecule has 0 aliphatic rings. The fourth-order valence-corrected chi connectivity index (χ4v) is 4.63. The molecule has 0 aliphatic heterocycles. The molecular weight excluding hydrogens is 466 g/mol. The molecule has 0 aromatic rings. The molecule has 0 saturated carbocycles. The van der Waals surface area contributed by atoms with Crippen LogP contribution in [0.25, 0.3) is 0 Å². The number of unbranched alkanes of at least 4 members (excludes halogenated alkanes) is 16. The van der Waals surface area contributed by atoms with Gasteiger partial charge in [0.2, 0.25) is 5.91 Å². The fourth-order valence-electron chi connectivity index (χ4n) is 4.63. The molecule has 0 radical (unpaired) electrons. The van der Waals surface area contributed by atoms with Crippen LogP contribution in [0.4, 0.5) is 0 Å². The van der Waals surface area contributed by atoms with Crippen LogP contribution in [0.1, 0.15) is 149 Å². The first-order valence-electron chi connectivity index (χ1n) is 15.6. The average molecular weight is 528 g/mol. The standard InChI is InChI=1S/C31H61NO5/c1-3-5-7-9-11-13-15-17-19-21-23-25-29(35)31(37)32-27(26-33)30(36)28(34)24-22-20-18-16-14-12-10-8-6-4-2/h11,13,27-30,33-36H,3-10,12,14-26H2,1-2H3,(H,32,37)/b13-11-. The number of amides is 1. The summed E-state index contributed by atoms with van der Waals surface area (Å²) in [5.41, 5.74) is 0. The van der Waals surface area contributed by atoms with Crippen LogP contribution >= 0.6 is 0 Å². The minimum atomic E-state index is -1.25. The van der Waals surface area contributed by atoms with Gasteiger partial charge in [0.15, 0.2) is 0 Å². The van der Waals surface area contributed by atoms with E-state index in [9.17, 15) is 25.2 Å². The molecule has 0 aromatic heterocycles. The maximum absolute atomic E-state index is 12.3. The van der Waals surface area contributed by atoms with Gasteiger partial charge < -0.3 is 25.7 Å². The highest BCUT2D eigenvalue weighted by Gasteiger charge is 2.28. The monoisotopic (exact) mass is 527 g/mol. The van der Waals surface area contributed by atoms with E-state index in [0.29, 0.717) is 12.8 Å². The van der Waals surface area contributed by atoms with Gasteiger partial charge >= 0.3 is 0 Å². The summed E-state index contributed by atoms with van der Waals surface area (Å²) in [6, 6.07) is -0.982. The first-order chi connectivity index (χ1) is 18.0. The smallest absolute Gasteiger partial charge is 0.249 e. The molecule has 220 valence electrons. The fraction of sp³-hybridized carbons (Fsp3) is 0.903. The molecule has 6 heteroatoms. The average Bonchev–Trinajstić information content (AvgIpc) is 2.90. The van der Waals surface area contributed by atoms with Crippen molar-refractivity contribution >= 4 is 5.91 Å². The molecule has 0 spiro atoms. The molecule has 0 aliphatic carbocycles. The Morgan fingerprint density at radius 3 is 1.62 bits per heavy atom. The highest BCUT2D eigenvalue weighted by atomic mass is 16.3. The Balaban J connectivity index is 3.94. The van der Waals surface area contributed by atoms with E-state index in [-0.39, 0.29) is 0 Å². The summed E-state index contributed by atoms with van der Waals surface area (Å²) in [7, 11) is 0. The quantitative estimate of drug-likeness (QED) is 0.0633. The summed E-state index contributed by atoms with van der Waals surface area (Å²) in [4.78, 5) is 12.3. The topological polar surface area (TPSA) is 110 Å². The molecule has 0 rings (SSSR count). The maximum Gasteiger partial charge on any atom is 0.249 e. The molecule has 0 aromatic carbocycles. The zero-order chi connectivity index (χ0) is 27.6. The second-order valence-corrected chi connectivity index (χ2v) is 10.8. The third kappa shape index (κ3) is 21.7. The third-order valence-corrected chi connectivity index (χ3v) is 7.23. The highest BCUT2D eigenvalue weighted by molar-refractivity contribution is 5.80. The van der Waals surface area contributed by atoms with Crippen LogP contribution in [-0.4, -0.2) is 57.3 Å². The minimum Gasteiger partial charge on any atom is -0.394 e. The van der Waals surface area contributed by atoms with Gasteiger partial charge in [-0.1, -0.05) is 122 Å². The van der Waals surface area contributed by atoms with Crippen LogP contribution < -0.4 is 5.32 Å². The molecule has 1 amide bonds. The summed E-state index contributed by atoms with van der Waals surface area (Å²) in [5.74, 6) is -0.598. The molecule has 4 atom stereocenters. The normalized spacial score (nSPS) is 15.1. The SMILES string of the molecule is CCCCC/C=C\CCCCCCC(O)C(=O)NC(CO)C(O)C(O)CCCCCCCCCCCC. The first-order valence-corrected chi connectivity index (χ1v) is 15.6. The highest BCUT2D eigenvalue weighted by Crippen LogP contribution is 2.14. The third-order valence-electron chi connectivity index (χ3n) is 7.23. The van der Waals surface area contributed by atoms with Crippen LogP contribution in [0, 0.1) is 0 Å². The summed E-state index contributed by atoms with van der Waals surface area (Å²) in [6.45, 7) is 3.95. The molecule has 5 N–H and O–H groups in total. The van der Waals surface area contributed by atoms with Crippen molar-refractivity contribution in [2.45, 2.75) is 173 Å². The Hall–Kier alpha value is -0.950. The lowest BCUT2D eigenvalue weighted by molar-refractivity contribution is -0.132. The second-order valence-electron chi connectivity index (χ2n) is 10.8. The zero-order valence-corrected chi connectivity index (χ0v) is 24.2. The molecule has 0 bridgehead atoms. The van der Waals surface area contributed by atoms with Gasteiger partial charge in [-0.05, 0) is 38.5 Å². The lowest BCUT2D eigenvalue weighted by Gasteiger charge is -2.27. The van der Waals surface area contributed by atoms with Gasteiger partial charge in [-0.25, -0.2) is 0 Å². The van der Waals surface area contributed by atoms with E-state index < -0.39 is 36.9 Å². The van der Waals surface area contributed by atoms with Gasteiger partial charge in [-0.2, -0.15) is 0 Å². The Kier molecular flexibility index (Phi) is 26.0. The van der Waals surface area contributed by atoms with E-state index in [1.807, 2.05) is 0 Å². The van der Waals surface area contributed by atoms with Gasteiger partial charge in [0.05, 0.1) is 18.8 Å². The Morgan fingerprint density at radius 2 is 1.08 bits per heavy atom. The second kappa shape index (κ2) is 26.6. The van der Waals surface area contributed by atoms with Crippen LogP contribution in [0.3, 0.4) is 0 Å². The van der Waals surface area contributed by atoms with Crippen molar-refractivity contribution in [3.63, 3.8) is 0 Å². The van der Waals surface area contributed by atoms with E-state index in [1.165, 1.54) is 64.2 Å². The van der Waals surface area contributed by atoms with Gasteiger partial charge in [-0.15, -0.1) is 0 Å². The number of carbonyl (C=O) groups is 1. The first kappa shape index (κ1) is 36.0. The van der Waals surface area contributed by atoms with Crippen LogP contribution in [0.5, 0.6) is 0 Å². The Bertz CT molecular complexity index is 528. The van der Waals surface area contributed by atoms with Crippen molar-refractivity contribution in [3.8, 4) is 0 Å². The van der Waals surface area contributed by atoms with E-state index >= 15 is 0 Å². The van der Waals surface area contributed by atoms with E-state index in [2.05, 4.69) is 31.3 Å². The predicted molar refractivity (Wildman–Crippen MR) is 154 cm³/mol. The lowest BCUT2D eigenvalue weighted by atomic mass is 9.99. The molecule has 0 saturated heterocycles. The molecular formula is C31H61NO5. The van der Waals surface area contributed by atoms with Crippen LogP contribution in [0.2, 0.25) is 0 Å². The molecule has 37 heavy (non-hydrogen) atoms. The van der Waals surface area contributed by atoms with Crippen LogP contribution in [0.15, 0.2) is 12.2 Å². The molecule has 0 fully saturated rings. The van der Waals surface area contributed by atoms with Crippen molar-refractivity contribution in [3.05, 3.63) is 12.2 Å². The summed E-state index contributed by atoms with van der Waals surface area (Å²) >= 11 is 0. The Morgan fingerprint density at radius 1 is 0.649 bits per heavy atom. The van der Waals surface area contributed by atoms with E-state index in [0.717, 1.165) is 57.8 Å². The summed E-state index contributed by atoms with van der Waals surface area (Å²) < 4.78 is 0. The molecule has 0 heterocycles. The number of hydrogen-bond donors (Lipinski definition) is 5. The number of carbonyl (C=O) groups excluding carboxylic acids is 1. The van der Waals surface area contributed by atoms with Crippen molar-refractivity contribution in [2.75, 3.05) is 6.61 Å². The van der Waals surface area contributed by atoms with Crippen LogP contribution in [-0.2, 0) is 4.79 Å². The maximum atomic E-state index is 12.3. The van der Waals surface area contributed by atoms with Gasteiger partial charge in [0, 0.05) is 0 Å². The summed E-state index contributed by atoms with van der Waals surface area (Å²) in [5, 5.41) is 43.1. The van der Waals surface area contributed by atoms with E-state index in [1.54, 1.807) is 0 Å². The largest absolute Gasteiger partial charge is 0.394 e. The number of rotatable bonds is 27. The zero-order valence-electron chi connectivity index (χ0n) is 24.2. The van der Waals surface area contributed by atoms with Crippen molar-refractivity contribution in [2.24, 2.45) is 0 Å². The number of nitrogens with one attached hydrogen (secondary N) is 1. The van der Waals surface area contributed by atoms with Crippen molar-refractivity contribution in [1.82, 2.24) is 5.32 Å². The molecule has 6 nitrogen and oxygen atoms in total. The van der Waals surface area contributed by atoms with Crippen molar-refractivity contribution < 1.29 is 25.2 Å².